The number of rotatable bonds is 12. The molecule has 0 radical (unpaired) electrons. The molecule has 0 aliphatic carbocycles. The van der Waals surface area contributed by atoms with Crippen molar-refractivity contribution in [3.8, 4) is 5.69 Å². The van der Waals surface area contributed by atoms with Crippen molar-refractivity contribution in [3.05, 3.63) is 82.9 Å². The Labute approximate surface area is 244 Å². The van der Waals surface area contributed by atoms with Crippen molar-refractivity contribution in [2.75, 3.05) is 0 Å². The number of halogens is 1. The fraction of sp³-hybridized carbons (Fsp3) is 0.393. The van der Waals surface area contributed by atoms with Gasteiger partial charge in [-0.1, -0.05) is 44.2 Å². The Hall–Kier alpha value is -2.56. The van der Waals surface area contributed by atoms with E-state index in [1.54, 1.807) is 16.8 Å². The fourth-order valence-electron chi connectivity index (χ4n) is 4.39. The van der Waals surface area contributed by atoms with Crippen molar-refractivity contribution in [3.63, 3.8) is 0 Å². The number of aliphatic hydroxyl groups excluding tert-OH is 2. The molecule has 1 heterocycles. The summed E-state index contributed by atoms with van der Waals surface area (Å²) in [4.78, 5) is 24.2. The summed E-state index contributed by atoms with van der Waals surface area (Å²) in [6.07, 6.45) is -2.14. The van der Waals surface area contributed by atoms with E-state index in [0.29, 0.717) is 23.4 Å². The minimum atomic E-state index is -1.17. The number of hydrogen-bond acceptors (Lipinski definition) is 5. The van der Waals surface area contributed by atoms with Gasteiger partial charge in [0.2, 0.25) is 0 Å². The number of amides is 1. The van der Waals surface area contributed by atoms with Crippen molar-refractivity contribution in [1.82, 2.24) is 15.1 Å². The average Bonchev–Trinajstić information content (AvgIpc) is 3.23. The van der Waals surface area contributed by atoms with E-state index in [1.807, 2.05) is 51.1 Å². The van der Waals surface area contributed by atoms with E-state index in [2.05, 4.69) is 10.4 Å². The molecule has 3 atom stereocenters. The van der Waals surface area contributed by atoms with E-state index in [1.165, 1.54) is 12.1 Å². The molecule has 0 unspecified atom stereocenters. The second-order valence-corrected chi connectivity index (χ2v) is 9.54. The van der Waals surface area contributed by atoms with Crippen molar-refractivity contribution in [2.24, 2.45) is 0 Å². The summed E-state index contributed by atoms with van der Waals surface area (Å²) in [5, 5.41) is 36.9. The Bertz CT molecular complexity index is 1200. The van der Waals surface area contributed by atoms with Crippen LogP contribution in [0, 0.1) is 5.82 Å². The molecule has 0 fully saturated rings. The molecule has 0 bridgehead atoms. The van der Waals surface area contributed by atoms with Crippen molar-refractivity contribution in [2.45, 2.75) is 70.6 Å². The van der Waals surface area contributed by atoms with Gasteiger partial charge in [-0.15, -0.1) is 0 Å². The summed E-state index contributed by atoms with van der Waals surface area (Å²) in [6, 6.07) is 15.1. The molecular weight excluding hydrogens is 500 g/mol. The normalized spacial score (nSPS) is 13.4. The number of carboxylic acids is 1. The number of aromatic nitrogens is 2. The predicted octanol–water partition coefficient (Wildman–Crippen LogP) is 3.50. The molecule has 1 amide bonds. The van der Waals surface area contributed by atoms with Gasteiger partial charge in [0.25, 0.3) is 5.91 Å². The van der Waals surface area contributed by atoms with Gasteiger partial charge in [-0.2, -0.15) is 5.10 Å². The van der Waals surface area contributed by atoms with Gasteiger partial charge in [0, 0.05) is 11.3 Å². The summed E-state index contributed by atoms with van der Waals surface area (Å²) >= 11 is 0. The van der Waals surface area contributed by atoms with Crippen LogP contribution >= 0.6 is 0 Å². The quantitative estimate of drug-likeness (QED) is 0.263. The Morgan fingerprint density at radius 2 is 1.63 bits per heavy atom. The fourth-order valence-corrected chi connectivity index (χ4v) is 4.39. The summed E-state index contributed by atoms with van der Waals surface area (Å²) < 4.78 is 15.2. The van der Waals surface area contributed by atoms with Crippen LogP contribution in [0.15, 0.2) is 54.6 Å². The van der Waals surface area contributed by atoms with Gasteiger partial charge in [0.15, 0.2) is 5.69 Å². The Kier molecular flexibility index (Phi) is 12.1. The summed E-state index contributed by atoms with van der Waals surface area (Å²) in [5.74, 6) is -1.98. The molecule has 10 heteroatoms. The SMILES string of the molecule is CC(C)c1c(C(=O)N[C@@H](C)c2ccccc2)nn(-c2ccc(F)cc2)c1CC[C@@H](O)C[C@@H](O)CC(=O)O.[NaH]. The number of carbonyl (C=O) groups is 2. The first-order valence-corrected chi connectivity index (χ1v) is 12.4. The Morgan fingerprint density at radius 1 is 1.00 bits per heavy atom. The van der Waals surface area contributed by atoms with E-state index < -0.39 is 30.4 Å². The molecule has 0 saturated heterocycles. The third-order valence-electron chi connectivity index (χ3n) is 6.20. The number of nitrogens with zero attached hydrogens (tertiary/aromatic N) is 2. The van der Waals surface area contributed by atoms with Crippen LogP contribution in [-0.4, -0.2) is 78.7 Å². The van der Waals surface area contributed by atoms with E-state index in [0.717, 1.165) is 5.56 Å². The van der Waals surface area contributed by atoms with Crippen LogP contribution in [0.3, 0.4) is 0 Å². The molecular formula is C28H35FN3NaO5. The van der Waals surface area contributed by atoms with Crippen molar-refractivity contribution >= 4 is 41.4 Å². The number of aliphatic carboxylic acids is 1. The van der Waals surface area contributed by atoms with Crippen molar-refractivity contribution < 1.29 is 29.3 Å². The van der Waals surface area contributed by atoms with Gasteiger partial charge in [-0.25, -0.2) is 9.07 Å². The zero-order valence-electron chi connectivity index (χ0n) is 21.3. The molecule has 8 nitrogen and oxygen atoms in total. The second kappa shape index (κ2) is 14.6. The van der Waals surface area contributed by atoms with Gasteiger partial charge >= 0.3 is 35.5 Å². The van der Waals surface area contributed by atoms with Crippen LogP contribution in [0.2, 0.25) is 0 Å². The summed E-state index contributed by atoms with van der Waals surface area (Å²) in [5.41, 5.74) is 3.15. The third kappa shape index (κ3) is 8.47. The molecule has 3 rings (SSSR count). The van der Waals surface area contributed by atoms with Gasteiger partial charge < -0.3 is 20.6 Å². The first kappa shape index (κ1) is 31.7. The standard InChI is InChI=1S/C28H34FN3O5.Na.H/c1-17(2)26-24(14-13-22(33)15-23(34)16-25(35)36)32(21-11-9-20(29)10-12-21)31-27(26)28(37)30-18(3)19-7-5-4-6-8-19;;/h4-12,17-18,22-23,33-34H,13-16H2,1-3H3,(H,30,37)(H,35,36);;/t18-,22+,23+;;/m0../s1. The maximum atomic E-state index is 13.6. The molecule has 200 valence electrons. The molecule has 4 N–H and O–H groups in total. The van der Waals surface area contributed by atoms with E-state index in [4.69, 9.17) is 5.11 Å². The van der Waals surface area contributed by atoms with Crippen LogP contribution in [0.25, 0.3) is 5.69 Å². The monoisotopic (exact) mass is 535 g/mol. The van der Waals surface area contributed by atoms with Gasteiger partial charge in [-0.05, 0) is 61.9 Å². The first-order valence-electron chi connectivity index (χ1n) is 12.4. The molecule has 3 aromatic rings. The van der Waals surface area contributed by atoms with Crippen molar-refractivity contribution in [1.29, 1.82) is 0 Å². The molecule has 1 aromatic heterocycles. The van der Waals surface area contributed by atoms with Crippen LogP contribution in [0.4, 0.5) is 4.39 Å². The molecule has 0 saturated carbocycles. The summed E-state index contributed by atoms with van der Waals surface area (Å²) in [6.45, 7) is 5.78. The van der Waals surface area contributed by atoms with Crippen LogP contribution < -0.4 is 5.32 Å². The minimum absolute atomic E-state index is 0. The number of aliphatic hydroxyl groups is 2. The Balaban J connectivity index is 0.00000507. The van der Waals surface area contributed by atoms with Gasteiger partial charge in [-0.3, -0.25) is 9.59 Å². The average molecular weight is 536 g/mol. The van der Waals surface area contributed by atoms with Crippen LogP contribution in [0.5, 0.6) is 0 Å². The second-order valence-electron chi connectivity index (χ2n) is 9.54. The number of carboxylic acid groups (broad SMARTS) is 1. The van der Waals surface area contributed by atoms with Crippen LogP contribution in [-0.2, 0) is 11.2 Å². The molecule has 2 aromatic carbocycles. The maximum absolute atomic E-state index is 13.6. The van der Waals surface area contributed by atoms with Gasteiger partial charge in [0.05, 0.1) is 30.4 Å². The zero-order valence-corrected chi connectivity index (χ0v) is 21.3. The summed E-state index contributed by atoms with van der Waals surface area (Å²) in [7, 11) is 0. The first-order chi connectivity index (χ1) is 17.6. The number of hydrogen-bond donors (Lipinski definition) is 4. The van der Waals surface area contributed by atoms with E-state index in [-0.39, 0.29) is 66.0 Å². The Morgan fingerprint density at radius 3 is 2.21 bits per heavy atom. The molecule has 0 aliphatic rings. The molecule has 0 aliphatic heterocycles. The zero-order chi connectivity index (χ0) is 27.1. The van der Waals surface area contributed by atoms with Crippen LogP contribution in [0.1, 0.15) is 79.3 Å². The van der Waals surface area contributed by atoms with E-state index >= 15 is 0 Å². The number of carbonyl (C=O) groups excluding carboxylic acids is 1. The third-order valence-corrected chi connectivity index (χ3v) is 6.20. The van der Waals surface area contributed by atoms with Gasteiger partial charge in [0.1, 0.15) is 5.82 Å². The number of benzene rings is 2. The molecule has 0 spiro atoms. The number of nitrogens with one attached hydrogen (secondary N) is 1. The van der Waals surface area contributed by atoms with E-state index in [9.17, 15) is 24.2 Å². The topological polar surface area (TPSA) is 125 Å². The molecule has 38 heavy (non-hydrogen) atoms. The predicted molar refractivity (Wildman–Crippen MR) is 144 cm³/mol.